The van der Waals surface area contributed by atoms with Crippen LogP contribution in [0.25, 0.3) is 0 Å². The molecule has 0 fully saturated rings. The summed E-state index contributed by atoms with van der Waals surface area (Å²) in [6, 6.07) is 13.2. The van der Waals surface area contributed by atoms with Gasteiger partial charge in [0.15, 0.2) is 0 Å². The zero-order valence-electron chi connectivity index (χ0n) is 14.9. The summed E-state index contributed by atoms with van der Waals surface area (Å²) in [4.78, 5) is 23.0. The minimum absolute atomic E-state index is 0.0805. The number of carbonyl (C=O) groups excluding carboxylic acids is 1. The first kappa shape index (κ1) is 18.1. The molecule has 2 heterocycles. The second-order valence-electron chi connectivity index (χ2n) is 5.90. The molecule has 2 aromatic heterocycles. The highest BCUT2D eigenvalue weighted by atomic mass is 32.1. The number of aryl methyl sites for hydroxylation is 1. The average molecular weight is 367 g/mol. The maximum Gasteiger partial charge on any atom is 0.254 e. The zero-order valence-corrected chi connectivity index (χ0v) is 15.7. The Morgan fingerprint density at radius 3 is 2.77 bits per heavy atom. The van der Waals surface area contributed by atoms with Crippen molar-refractivity contribution >= 4 is 17.2 Å². The van der Waals surface area contributed by atoms with Crippen LogP contribution in [-0.2, 0) is 19.6 Å². The van der Waals surface area contributed by atoms with E-state index in [0.717, 1.165) is 22.7 Å². The van der Waals surface area contributed by atoms with Crippen molar-refractivity contribution in [1.29, 1.82) is 0 Å². The maximum absolute atomic E-state index is 12.7. The Morgan fingerprint density at radius 2 is 2.04 bits per heavy atom. The molecule has 6 heteroatoms. The number of thiazole rings is 1. The van der Waals surface area contributed by atoms with E-state index >= 15 is 0 Å². The van der Waals surface area contributed by atoms with Gasteiger partial charge in [-0.25, -0.2) is 9.97 Å². The van der Waals surface area contributed by atoms with Crippen molar-refractivity contribution in [3.63, 3.8) is 0 Å². The number of hydrogen-bond acceptors (Lipinski definition) is 5. The molecule has 0 bridgehead atoms. The van der Waals surface area contributed by atoms with Gasteiger partial charge in [-0.2, -0.15) is 0 Å². The third kappa shape index (κ3) is 4.67. The van der Waals surface area contributed by atoms with Gasteiger partial charge < -0.3 is 9.64 Å². The molecule has 26 heavy (non-hydrogen) atoms. The van der Waals surface area contributed by atoms with Gasteiger partial charge in [0.05, 0.1) is 17.2 Å². The van der Waals surface area contributed by atoms with Crippen LogP contribution >= 0.6 is 11.3 Å². The summed E-state index contributed by atoms with van der Waals surface area (Å²) in [6.45, 7) is 2.98. The molecule has 134 valence electrons. The molecule has 0 saturated heterocycles. The highest BCUT2D eigenvalue weighted by Gasteiger charge is 2.14. The van der Waals surface area contributed by atoms with Crippen LogP contribution in [0.3, 0.4) is 0 Å². The van der Waals surface area contributed by atoms with Gasteiger partial charge in [-0.3, -0.25) is 4.79 Å². The molecule has 3 rings (SSSR count). The molecule has 0 radical (unpaired) electrons. The van der Waals surface area contributed by atoms with Gasteiger partial charge in [0.25, 0.3) is 5.91 Å². The fourth-order valence-electron chi connectivity index (χ4n) is 2.47. The monoisotopic (exact) mass is 367 g/mol. The lowest BCUT2D eigenvalue weighted by molar-refractivity contribution is 0.0783. The minimum atomic E-state index is -0.0805. The number of amides is 1. The Kier molecular flexibility index (Phi) is 5.96. The minimum Gasteiger partial charge on any atom is -0.473 e. The van der Waals surface area contributed by atoms with Crippen molar-refractivity contribution in [3.05, 3.63) is 75.9 Å². The Bertz CT molecular complexity index is 864. The van der Waals surface area contributed by atoms with Crippen LogP contribution < -0.4 is 4.74 Å². The summed E-state index contributed by atoms with van der Waals surface area (Å²) in [5.74, 6) is 0.359. The molecule has 0 aliphatic carbocycles. The zero-order chi connectivity index (χ0) is 18.4. The molecular weight excluding hydrogens is 346 g/mol. The van der Waals surface area contributed by atoms with Crippen LogP contribution in [-0.4, -0.2) is 27.8 Å². The van der Waals surface area contributed by atoms with Gasteiger partial charge in [0.2, 0.25) is 5.88 Å². The number of carbonyl (C=O) groups is 1. The van der Waals surface area contributed by atoms with Crippen molar-refractivity contribution in [2.45, 2.75) is 26.5 Å². The van der Waals surface area contributed by atoms with E-state index in [2.05, 4.69) is 16.9 Å². The first-order valence-electron chi connectivity index (χ1n) is 8.47. The SMILES string of the molecule is CCc1nc(CN(C)C(=O)c2ccnc(OCc3ccccc3)c2)cs1. The normalized spacial score (nSPS) is 10.5. The van der Waals surface area contributed by atoms with Gasteiger partial charge in [0.1, 0.15) is 6.61 Å². The molecule has 0 aliphatic heterocycles. The van der Waals surface area contributed by atoms with E-state index in [4.69, 9.17) is 4.74 Å². The smallest absolute Gasteiger partial charge is 0.254 e. The molecule has 0 spiro atoms. The van der Waals surface area contributed by atoms with Gasteiger partial charge in [0, 0.05) is 30.3 Å². The predicted octanol–water partition coefficient (Wildman–Crippen LogP) is 3.95. The number of benzene rings is 1. The van der Waals surface area contributed by atoms with Crippen molar-refractivity contribution in [2.24, 2.45) is 0 Å². The number of ether oxygens (including phenoxy) is 1. The van der Waals surface area contributed by atoms with Crippen LogP contribution in [0.1, 0.15) is 33.5 Å². The number of pyridine rings is 1. The number of aromatic nitrogens is 2. The molecule has 0 atom stereocenters. The van der Waals surface area contributed by atoms with Gasteiger partial charge in [-0.1, -0.05) is 37.3 Å². The predicted molar refractivity (Wildman–Crippen MR) is 102 cm³/mol. The highest BCUT2D eigenvalue weighted by Crippen LogP contribution is 2.16. The fraction of sp³-hybridized carbons (Fsp3) is 0.250. The van der Waals surface area contributed by atoms with E-state index in [-0.39, 0.29) is 5.91 Å². The summed E-state index contributed by atoms with van der Waals surface area (Å²) in [5.41, 5.74) is 2.52. The largest absolute Gasteiger partial charge is 0.473 e. The third-order valence-electron chi connectivity index (χ3n) is 3.86. The van der Waals surface area contributed by atoms with E-state index in [9.17, 15) is 4.79 Å². The van der Waals surface area contributed by atoms with Crippen LogP contribution in [0.15, 0.2) is 54.0 Å². The van der Waals surface area contributed by atoms with Crippen LogP contribution in [0.4, 0.5) is 0 Å². The van der Waals surface area contributed by atoms with E-state index in [0.29, 0.717) is 24.6 Å². The molecule has 1 amide bonds. The molecule has 1 aromatic carbocycles. The van der Waals surface area contributed by atoms with Crippen LogP contribution in [0, 0.1) is 0 Å². The van der Waals surface area contributed by atoms with Crippen LogP contribution in [0.5, 0.6) is 5.88 Å². The molecule has 0 aliphatic rings. The summed E-state index contributed by atoms with van der Waals surface area (Å²) in [7, 11) is 1.78. The van der Waals surface area contributed by atoms with Gasteiger partial charge in [-0.15, -0.1) is 11.3 Å². The van der Waals surface area contributed by atoms with Gasteiger partial charge in [-0.05, 0) is 18.1 Å². The van der Waals surface area contributed by atoms with Crippen molar-refractivity contribution in [1.82, 2.24) is 14.9 Å². The van der Waals surface area contributed by atoms with E-state index in [1.807, 2.05) is 35.7 Å². The Hall–Kier alpha value is -2.73. The summed E-state index contributed by atoms with van der Waals surface area (Å²) in [5, 5.41) is 3.09. The highest BCUT2D eigenvalue weighted by molar-refractivity contribution is 7.09. The fourth-order valence-corrected chi connectivity index (χ4v) is 3.21. The Balaban J connectivity index is 1.63. The van der Waals surface area contributed by atoms with Crippen molar-refractivity contribution in [2.75, 3.05) is 7.05 Å². The van der Waals surface area contributed by atoms with Crippen molar-refractivity contribution in [3.8, 4) is 5.88 Å². The topological polar surface area (TPSA) is 55.3 Å². The standard InChI is InChI=1S/C20H21N3O2S/c1-3-19-22-17(14-26-19)12-23(2)20(24)16-9-10-21-18(11-16)25-13-15-7-5-4-6-8-15/h4-11,14H,3,12-13H2,1-2H3. The Labute approximate surface area is 157 Å². The summed E-state index contributed by atoms with van der Waals surface area (Å²) in [6.07, 6.45) is 2.51. The lowest BCUT2D eigenvalue weighted by atomic mass is 10.2. The molecule has 0 saturated carbocycles. The quantitative estimate of drug-likeness (QED) is 0.634. The molecule has 3 aromatic rings. The maximum atomic E-state index is 12.7. The summed E-state index contributed by atoms with van der Waals surface area (Å²) < 4.78 is 5.71. The second-order valence-corrected chi connectivity index (χ2v) is 6.85. The number of rotatable bonds is 7. The first-order chi connectivity index (χ1) is 12.7. The third-order valence-corrected chi connectivity index (χ3v) is 4.90. The second kappa shape index (κ2) is 8.58. The number of nitrogens with zero attached hydrogens (tertiary/aromatic N) is 3. The van der Waals surface area contributed by atoms with E-state index in [1.54, 1.807) is 41.6 Å². The van der Waals surface area contributed by atoms with E-state index in [1.165, 1.54) is 0 Å². The molecule has 0 unspecified atom stereocenters. The molecular formula is C20H21N3O2S. The summed E-state index contributed by atoms with van der Waals surface area (Å²) >= 11 is 1.63. The molecule has 5 nitrogen and oxygen atoms in total. The van der Waals surface area contributed by atoms with Crippen molar-refractivity contribution < 1.29 is 9.53 Å². The average Bonchev–Trinajstić information content (AvgIpc) is 3.14. The number of hydrogen-bond donors (Lipinski definition) is 0. The Morgan fingerprint density at radius 1 is 1.23 bits per heavy atom. The first-order valence-corrected chi connectivity index (χ1v) is 9.35. The lowest BCUT2D eigenvalue weighted by Gasteiger charge is -2.16. The lowest BCUT2D eigenvalue weighted by Crippen LogP contribution is -2.26. The van der Waals surface area contributed by atoms with Gasteiger partial charge >= 0.3 is 0 Å². The molecule has 0 N–H and O–H groups in total. The van der Waals surface area contributed by atoms with E-state index < -0.39 is 0 Å². The van der Waals surface area contributed by atoms with Crippen LogP contribution in [0.2, 0.25) is 0 Å².